The van der Waals surface area contributed by atoms with E-state index in [-0.39, 0.29) is 4.08 Å². The molecular formula is C26H37N3O2S3. The summed E-state index contributed by atoms with van der Waals surface area (Å²) in [7, 11) is 1.80. The Labute approximate surface area is 217 Å². The van der Waals surface area contributed by atoms with Crippen LogP contribution >= 0.6 is 35.5 Å². The lowest BCUT2D eigenvalue weighted by molar-refractivity contribution is 0.246. The molecule has 2 aromatic rings. The summed E-state index contributed by atoms with van der Waals surface area (Å²) in [4.78, 5) is 6.35. The summed E-state index contributed by atoms with van der Waals surface area (Å²) in [6.45, 7) is 12.1. The van der Waals surface area contributed by atoms with Crippen molar-refractivity contribution in [3.05, 3.63) is 48.0 Å². The van der Waals surface area contributed by atoms with Crippen LogP contribution in [0.2, 0.25) is 0 Å². The average Bonchev–Trinajstić information content (AvgIpc) is 2.85. The molecule has 2 heterocycles. The van der Waals surface area contributed by atoms with Crippen molar-refractivity contribution in [2.24, 2.45) is 0 Å². The molecule has 8 heteroatoms. The Balaban J connectivity index is 1.34. The molecule has 0 aliphatic carbocycles. The van der Waals surface area contributed by atoms with Gasteiger partial charge in [0.25, 0.3) is 0 Å². The first-order valence-corrected chi connectivity index (χ1v) is 15.0. The number of nitrogens with zero attached hydrogens (tertiary/aromatic N) is 3. The summed E-state index contributed by atoms with van der Waals surface area (Å²) < 4.78 is 8.42. The number of benzene rings is 2. The molecule has 2 aliphatic heterocycles. The summed E-state index contributed by atoms with van der Waals surface area (Å²) in [6.07, 6.45) is 1.18. The first-order chi connectivity index (χ1) is 16.6. The zero-order chi connectivity index (χ0) is 24.0. The van der Waals surface area contributed by atoms with Crippen LogP contribution in [0.4, 0.5) is 5.69 Å². The van der Waals surface area contributed by atoms with Gasteiger partial charge in [-0.25, -0.2) is 4.31 Å². The maximum absolute atomic E-state index is 9.53. The smallest absolute Gasteiger partial charge is 0.125 e. The lowest BCUT2D eigenvalue weighted by Crippen LogP contribution is -2.47. The highest BCUT2D eigenvalue weighted by atomic mass is 32.2. The molecule has 0 aromatic heterocycles. The van der Waals surface area contributed by atoms with Crippen LogP contribution in [0.3, 0.4) is 0 Å². The van der Waals surface area contributed by atoms with Crippen molar-refractivity contribution in [2.75, 3.05) is 69.3 Å². The molecule has 186 valence electrons. The van der Waals surface area contributed by atoms with Crippen LogP contribution in [0.1, 0.15) is 25.8 Å². The van der Waals surface area contributed by atoms with E-state index in [9.17, 15) is 5.11 Å². The number of piperazine rings is 1. The van der Waals surface area contributed by atoms with E-state index in [2.05, 4.69) is 69.7 Å². The fourth-order valence-corrected chi connectivity index (χ4v) is 9.58. The normalized spacial score (nSPS) is 18.6. The predicted octanol–water partition coefficient (Wildman–Crippen LogP) is 5.59. The van der Waals surface area contributed by atoms with Crippen LogP contribution in [0, 0.1) is 0 Å². The largest absolute Gasteiger partial charge is 0.508 e. The topological polar surface area (TPSA) is 39.2 Å². The third-order valence-corrected chi connectivity index (χ3v) is 10.4. The third-order valence-electron chi connectivity index (χ3n) is 6.42. The number of thioether (sulfide) groups is 2. The SMILES string of the molecule is CCSC1(SCC)CN(CCCN2CCN(c3ccc(O)cc3)CC2)Sc2cccc(OC)c21. The number of methoxy groups -OCH3 is 1. The van der Waals surface area contributed by atoms with Gasteiger partial charge in [0.05, 0.1) is 7.11 Å². The minimum absolute atomic E-state index is 0.0203. The molecule has 0 bridgehead atoms. The van der Waals surface area contributed by atoms with Gasteiger partial charge >= 0.3 is 0 Å². The van der Waals surface area contributed by atoms with Crippen molar-refractivity contribution < 1.29 is 9.84 Å². The first kappa shape index (κ1) is 25.9. The molecule has 2 aromatic carbocycles. The van der Waals surface area contributed by atoms with Gasteiger partial charge in [0.2, 0.25) is 0 Å². The first-order valence-electron chi connectivity index (χ1n) is 12.2. The summed E-state index contributed by atoms with van der Waals surface area (Å²) in [5.74, 6) is 3.54. The Morgan fingerprint density at radius 1 is 0.971 bits per heavy atom. The van der Waals surface area contributed by atoms with E-state index in [1.807, 2.05) is 24.1 Å². The molecule has 0 atom stereocenters. The molecule has 4 rings (SSSR count). The van der Waals surface area contributed by atoms with E-state index >= 15 is 0 Å². The minimum Gasteiger partial charge on any atom is -0.508 e. The minimum atomic E-state index is 0.0203. The Morgan fingerprint density at radius 2 is 1.68 bits per heavy atom. The maximum Gasteiger partial charge on any atom is 0.125 e. The lowest BCUT2D eigenvalue weighted by atomic mass is 10.1. The number of hydrogen-bond acceptors (Lipinski definition) is 8. The van der Waals surface area contributed by atoms with Crippen molar-refractivity contribution in [2.45, 2.75) is 29.2 Å². The highest BCUT2D eigenvalue weighted by Gasteiger charge is 2.43. The van der Waals surface area contributed by atoms with Gasteiger partial charge in [0.15, 0.2) is 0 Å². The number of fused-ring (bicyclic) bond motifs is 1. The summed E-state index contributed by atoms with van der Waals surface area (Å²) >= 11 is 6.02. The Morgan fingerprint density at radius 3 is 2.32 bits per heavy atom. The van der Waals surface area contributed by atoms with Crippen LogP contribution < -0.4 is 9.64 Å². The van der Waals surface area contributed by atoms with E-state index in [1.54, 1.807) is 19.2 Å². The molecule has 34 heavy (non-hydrogen) atoms. The number of phenols is 1. The second kappa shape index (κ2) is 12.2. The van der Waals surface area contributed by atoms with Gasteiger partial charge in [-0.05, 0) is 72.8 Å². The van der Waals surface area contributed by atoms with E-state index in [4.69, 9.17) is 4.74 Å². The number of rotatable bonds is 10. The van der Waals surface area contributed by atoms with Crippen molar-refractivity contribution in [3.63, 3.8) is 0 Å². The Hall–Kier alpha value is -1.19. The standard InChI is InChI=1S/C26H37N3O2S3/c1-4-32-26(33-5-2)20-29(34-24-9-6-8-23(31-3)25(24)26)15-7-14-27-16-18-28(19-17-27)21-10-12-22(30)13-11-21/h6,8-13,30H,4-5,7,14-20H2,1-3H3. The molecule has 1 saturated heterocycles. The van der Waals surface area contributed by atoms with Crippen molar-refractivity contribution in [3.8, 4) is 11.5 Å². The molecule has 0 saturated carbocycles. The van der Waals surface area contributed by atoms with E-state index in [1.165, 1.54) is 22.6 Å². The Kier molecular flexibility index (Phi) is 9.27. The van der Waals surface area contributed by atoms with Crippen LogP contribution in [0.25, 0.3) is 0 Å². The second-order valence-electron chi connectivity index (χ2n) is 8.61. The zero-order valence-corrected chi connectivity index (χ0v) is 23.0. The summed E-state index contributed by atoms with van der Waals surface area (Å²) in [5.41, 5.74) is 2.58. The van der Waals surface area contributed by atoms with E-state index in [0.29, 0.717) is 5.75 Å². The number of hydrogen-bond donors (Lipinski definition) is 1. The number of anilines is 1. The Bertz CT molecular complexity index is 914. The molecule has 0 unspecified atom stereocenters. The van der Waals surface area contributed by atoms with Crippen LogP contribution in [0.15, 0.2) is 47.4 Å². The van der Waals surface area contributed by atoms with Gasteiger partial charge in [-0.2, -0.15) is 0 Å². The summed E-state index contributed by atoms with van der Waals surface area (Å²) in [6, 6.07) is 14.1. The van der Waals surface area contributed by atoms with Crippen LogP contribution in [0.5, 0.6) is 11.5 Å². The second-order valence-corrected chi connectivity index (χ2v) is 13.1. The summed E-state index contributed by atoms with van der Waals surface area (Å²) in [5, 5.41) is 9.53. The fraction of sp³-hybridized carbons (Fsp3) is 0.538. The van der Waals surface area contributed by atoms with Gasteiger partial charge in [0, 0.05) is 55.4 Å². The van der Waals surface area contributed by atoms with Crippen LogP contribution in [-0.4, -0.2) is 78.7 Å². The monoisotopic (exact) mass is 519 g/mol. The number of phenolic OH excluding ortho intramolecular Hbond substituents is 1. The van der Waals surface area contributed by atoms with E-state index < -0.39 is 0 Å². The van der Waals surface area contributed by atoms with Crippen molar-refractivity contribution >= 4 is 41.2 Å². The quantitative estimate of drug-likeness (QED) is 0.322. The highest BCUT2D eigenvalue weighted by molar-refractivity contribution is 8.17. The highest BCUT2D eigenvalue weighted by Crippen LogP contribution is 2.57. The lowest BCUT2D eigenvalue weighted by Gasteiger charge is -2.43. The zero-order valence-electron chi connectivity index (χ0n) is 20.5. The van der Waals surface area contributed by atoms with E-state index in [0.717, 1.165) is 63.1 Å². The molecule has 1 fully saturated rings. The predicted molar refractivity (Wildman–Crippen MR) is 150 cm³/mol. The maximum atomic E-state index is 9.53. The van der Waals surface area contributed by atoms with Crippen LogP contribution in [-0.2, 0) is 4.08 Å². The number of aromatic hydroxyl groups is 1. The van der Waals surface area contributed by atoms with Gasteiger partial charge < -0.3 is 14.7 Å². The molecule has 0 radical (unpaired) electrons. The van der Waals surface area contributed by atoms with Gasteiger partial charge in [-0.3, -0.25) is 4.90 Å². The van der Waals surface area contributed by atoms with Gasteiger partial charge in [0.1, 0.15) is 15.6 Å². The molecule has 0 amide bonds. The van der Waals surface area contributed by atoms with Gasteiger partial charge in [-0.15, -0.1) is 23.5 Å². The molecule has 2 aliphatic rings. The third kappa shape index (κ3) is 5.95. The van der Waals surface area contributed by atoms with Crippen molar-refractivity contribution in [1.82, 2.24) is 9.21 Å². The molecule has 0 spiro atoms. The van der Waals surface area contributed by atoms with Gasteiger partial charge in [-0.1, -0.05) is 19.9 Å². The average molecular weight is 520 g/mol. The molecule has 5 nitrogen and oxygen atoms in total. The van der Waals surface area contributed by atoms with Crippen molar-refractivity contribution in [1.29, 1.82) is 0 Å². The molecule has 1 N–H and O–H groups in total. The molecular weight excluding hydrogens is 483 g/mol. The fourth-order valence-electron chi connectivity index (χ4n) is 4.85. The number of ether oxygens (including phenoxy) is 1.